The van der Waals surface area contributed by atoms with Gasteiger partial charge < -0.3 is 0 Å². The van der Waals surface area contributed by atoms with Crippen LogP contribution in [0.4, 0.5) is 0 Å². The van der Waals surface area contributed by atoms with Crippen LogP contribution in [-0.4, -0.2) is 12.8 Å². The highest BCUT2D eigenvalue weighted by Crippen LogP contribution is 2.40. The summed E-state index contributed by atoms with van der Waals surface area (Å²) in [6.07, 6.45) is 6.73. The summed E-state index contributed by atoms with van der Waals surface area (Å²) in [7, 11) is 0. The van der Waals surface area contributed by atoms with Gasteiger partial charge in [0.15, 0.2) is 0 Å². The normalized spacial score (nSPS) is 19.0. The zero-order valence-corrected chi connectivity index (χ0v) is 13.1. The molecule has 2 rings (SSSR count). The van der Waals surface area contributed by atoms with Crippen molar-refractivity contribution in [3.8, 4) is 0 Å². The summed E-state index contributed by atoms with van der Waals surface area (Å²) in [5.74, 6) is 0.434. The molecule has 0 spiro atoms. The number of nitrogens with zero attached hydrogens (tertiary/aromatic N) is 1. The molecular formula is C19H25N. The first-order chi connectivity index (χ1) is 9.65. The van der Waals surface area contributed by atoms with Gasteiger partial charge in [-0.15, -0.1) is 0 Å². The fraction of sp³-hybridized carbons (Fsp3) is 0.421. The molecule has 1 aliphatic carbocycles. The molecule has 20 heavy (non-hydrogen) atoms. The van der Waals surface area contributed by atoms with Crippen LogP contribution in [0.15, 0.2) is 52.1 Å². The number of rotatable bonds is 5. The lowest BCUT2D eigenvalue weighted by atomic mass is 9.86. The summed E-state index contributed by atoms with van der Waals surface area (Å²) in [5.41, 5.74) is 6.96. The van der Waals surface area contributed by atoms with E-state index < -0.39 is 0 Å². The number of allylic oxidation sites excluding steroid dienone is 4. The van der Waals surface area contributed by atoms with Crippen LogP contribution in [0.1, 0.15) is 57.6 Å². The predicted octanol–water partition coefficient (Wildman–Crippen LogP) is 5.29. The smallest absolute Gasteiger partial charge is 0.0389 e. The van der Waals surface area contributed by atoms with E-state index >= 15 is 0 Å². The summed E-state index contributed by atoms with van der Waals surface area (Å²) >= 11 is 0. The van der Waals surface area contributed by atoms with E-state index in [1.807, 2.05) is 0 Å². The Morgan fingerprint density at radius 2 is 1.90 bits per heavy atom. The molecule has 0 N–H and O–H groups in total. The van der Waals surface area contributed by atoms with Crippen molar-refractivity contribution in [1.29, 1.82) is 0 Å². The molecule has 0 fully saturated rings. The van der Waals surface area contributed by atoms with E-state index in [0.717, 1.165) is 6.54 Å². The highest BCUT2D eigenvalue weighted by molar-refractivity contribution is 5.83. The monoisotopic (exact) mass is 267 g/mol. The zero-order chi connectivity index (χ0) is 14.5. The predicted molar refractivity (Wildman–Crippen MR) is 88.7 cm³/mol. The molecule has 1 aromatic rings. The second-order valence-corrected chi connectivity index (χ2v) is 5.71. The topological polar surface area (TPSA) is 12.4 Å². The number of hydrogen-bond donors (Lipinski definition) is 0. The summed E-state index contributed by atoms with van der Waals surface area (Å²) in [6.45, 7) is 9.82. The highest BCUT2D eigenvalue weighted by Gasteiger charge is 2.23. The summed E-state index contributed by atoms with van der Waals surface area (Å²) in [6, 6.07) is 8.65. The van der Waals surface area contributed by atoms with Gasteiger partial charge in [-0.05, 0) is 38.3 Å². The van der Waals surface area contributed by atoms with E-state index in [4.69, 9.17) is 0 Å². The van der Waals surface area contributed by atoms with Crippen molar-refractivity contribution in [3.63, 3.8) is 0 Å². The highest BCUT2D eigenvalue weighted by atomic mass is 14.7. The van der Waals surface area contributed by atoms with Crippen LogP contribution in [-0.2, 0) is 0 Å². The maximum atomic E-state index is 4.57. The lowest BCUT2D eigenvalue weighted by Gasteiger charge is -2.18. The van der Waals surface area contributed by atoms with Crippen molar-refractivity contribution in [2.45, 2.75) is 46.5 Å². The van der Waals surface area contributed by atoms with Crippen molar-refractivity contribution in [2.24, 2.45) is 4.99 Å². The minimum atomic E-state index is 0.434. The van der Waals surface area contributed by atoms with Crippen LogP contribution in [0, 0.1) is 0 Å². The summed E-state index contributed by atoms with van der Waals surface area (Å²) < 4.78 is 0. The van der Waals surface area contributed by atoms with Crippen molar-refractivity contribution < 1.29 is 0 Å². The van der Waals surface area contributed by atoms with Crippen LogP contribution < -0.4 is 0 Å². The van der Waals surface area contributed by atoms with Gasteiger partial charge in [-0.2, -0.15) is 0 Å². The largest absolute Gasteiger partial charge is 0.293 e. The first-order valence-electron chi connectivity index (χ1n) is 7.59. The Bertz CT molecular complexity index is 561. The molecule has 1 aromatic carbocycles. The molecule has 0 heterocycles. The third-order valence-electron chi connectivity index (χ3n) is 4.13. The maximum absolute atomic E-state index is 4.57. The molecule has 0 radical (unpaired) electrons. The van der Waals surface area contributed by atoms with Crippen molar-refractivity contribution >= 4 is 6.21 Å². The van der Waals surface area contributed by atoms with E-state index in [1.165, 1.54) is 40.7 Å². The Morgan fingerprint density at radius 3 is 2.55 bits per heavy atom. The SMILES string of the molecule is CCCCN=Cc1ccccc1C1C(C)=CC(C)=C1C. The van der Waals surface area contributed by atoms with Crippen LogP contribution in [0.5, 0.6) is 0 Å². The van der Waals surface area contributed by atoms with E-state index in [2.05, 4.69) is 69.2 Å². The van der Waals surface area contributed by atoms with E-state index in [1.54, 1.807) is 0 Å². The van der Waals surface area contributed by atoms with Gasteiger partial charge in [0, 0.05) is 18.7 Å². The lowest BCUT2D eigenvalue weighted by Crippen LogP contribution is -2.03. The molecule has 0 aromatic heterocycles. The quantitative estimate of drug-likeness (QED) is 0.508. The van der Waals surface area contributed by atoms with E-state index in [0.29, 0.717) is 5.92 Å². The van der Waals surface area contributed by atoms with E-state index in [9.17, 15) is 0 Å². The Kier molecular flexibility index (Phi) is 4.94. The van der Waals surface area contributed by atoms with Gasteiger partial charge >= 0.3 is 0 Å². The Labute approximate surface area is 123 Å². The summed E-state index contributed by atoms with van der Waals surface area (Å²) in [4.78, 5) is 4.57. The van der Waals surface area contributed by atoms with E-state index in [-0.39, 0.29) is 0 Å². The van der Waals surface area contributed by atoms with Crippen molar-refractivity contribution in [2.75, 3.05) is 6.54 Å². The molecule has 1 heteroatoms. The third kappa shape index (κ3) is 3.09. The van der Waals surface area contributed by atoms with Crippen LogP contribution in [0.3, 0.4) is 0 Å². The molecule has 0 amide bonds. The van der Waals surface area contributed by atoms with Gasteiger partial charge in [0.05, 0.1) is 0 Å². The summed E-state index contributed by atoms with van der Waals surface area (Å²) in [5, 5.41) is 0. The van der Waals surface area contributed by atoms with Gasteiger partial charge in [-0.3, -0.25) is 4.99 Å². The fourth-order valence-electron chi connectivity index (χ4n) is 2.89. The number of benzene rings is 1. The molecule has 0 saturated carbocycles. The molecular weight excluding hydrogens is 242 g/mol. The molecule has 1 unspecified atom stereocenters. The number of aliphatic imine (C=N–C) groups is 1. The maximum Gasteiger partial charge on any atom is 0.0389 e. The third-order valence-corrected chi connectivity index (χ3v) is 4.13. The van der Waals surface area contributed by atoms with Gasteiger partial charge in [-0.1, -0.05) is 60.4 Å². The Hall–Kier alpha value is -1.63. The second-order valence-electron chi connectivity index (χ2n) is 5.71. The fourth-order valence-corrected chi connectivity index (χ4v) is 2.89. The molecule has 1 aliphatic rings. The molecule has 0 saturated heterocycles. The zero-order valence-electron chi connectivity index (χ0n) is 13.1. The lowest BCUT2D eigenvalue weighted by molar-refractivity contribution is 0.810. The van der Waals surface area contributed by atoms with Crippen molar-refractivity contribution in [1.82, 2.24) is 0 Å². The van der Waals surface area contributed by atoms with Crippen LogP contribution >= 0.6 is 0 Å². The minimum Gasteiger partial charge on any atom is -0.293 e. The van der Waals surface area contributed by atoms with Crippen LogP contribution in [0.25, 0.3) is 0 Å². The van der Waals surface area contributed by atoms with Gasteiger partial charge in [0.1, 0.15) is 0 Å². The van der Waals surface area contributed by atoms with Crippen molar-refractivity contribution in [3.05, 3.63) is 58.2 Å². The molecule has 0 aliphatic heterocycles. The van der Waals surface area contributed by atoms with Gasteiger partial charge in [0.25, 0.3) is 0 Å². The Morgan fingerprint density at radius 1 is 1.15 bits per heavy atom. The molecule has 106 valence electrons. The minimum absolute atomic E-state index is 0.434. The second kappa shape index (κ2) is 6.69. The average Bonchev–Trinajstić information content (AvgIpc) is 2.69. The molecule has 0 bridgehead atoms. The first kappa shape index (κ1) is 14.8. The van der Waals surface area contributed by atoms with Gasteiger partial charge in [0.2, 0.25) is 0 Å². The molecule has 1 atom stereocenters. The number of hydrogen-bond acceptors (Lipinski definition) is 1. The average molecular weight is 267 g/mol. The van der Waals surface area contributed by atoms with Gasteiger partial charge in [-0.25, -0.2) is 0 Å². The standard InChI is InChI=1S/C19H25N/c1-5-6-11-20-13-17-9-7-8-10-18(17)19-15(3)12-14(2)16(19)4/h7-10,12-13,19H,5-6,11H2,1-4H3. The Balaban J connectivity index is 2.29. The molecule has 1 nitrogen and oxygen atoms in total. The first-order valence-corrected chi connectivity index (χ1v) is 7.59. The number of unbranched alkanes of at least 4 members (excludes halogenated alkanes) is 1. The van der Waals surface area contributed by atoms with Crippen LogP contribution in [0.2, 0.25) is 0 Å².